The Morgan fingerprint density at radius 1 is 1.00 bits per heavy atom. The fourth-order valence-corrected chi connectivity index (χ4v) is 4.08. The molecular formula is C25H27N3O4. The van der Waals surface area contributed by atoms with Gasteiger partial charge in [0.05, 0.1) is 19.9 Å². The van der Waals surface area contributed by atoms with Gasteiger partial charge in [0.15, 0.2) is 0 Å². The molecule has 1 aliphatic rings. The number of carbonyl (C=O) groups excluding carboxylic acids is 1. The van der Waals surface area contributed by atoms with E-state index in [-0.39, 0.29) is 11.5 Å². The molecule has 0 fully saturated rings. The Balaban J connectivity index is 1.71. The minimum Gasteiger partial charge on any atom is -0.497 e. The highest BCUT2D eigenvalue weighted by Gasteiger charge is 2.25. The van der Waals surface area contributed by atoms with Crippen molar-refractivity contribution >= 4 is 11.6 Å². The molecule has 1 N–H and O–H groups in total. The van der Waals surface area contributed by atoms with Crippen LogP contribution in [-0.2, 0) is 17.6 Å². The number of benzene rings is 2. The van der Waals surface area contributed by atoms with Crippen molar-refractivity contribution in [3.8, 4) is 22.8 Å². The van der Waals surface area contributed by atoms with Crippen molar-refractivity contribution in [2.75, 3.05) is 19.5 Å². The lowest BCUT2D eigenvalue weighted by Crippen LogP contribution is -2.37. The number of amides is 1. The lowest BCUT2D eigenvalue weighted by Gasteiger charge is -2.22. The summed E-state index contributed by atoms with van der Waals surface area (Å²) in [6, 6.07) is 14.2. The number of nitrogens with zero attached hydrogens (tertiary/aromatic N) is 2. The summed E-state index contributed by atoms with van der Waals surface area (Å²) in [6.45, 7) is 1.69. The minimum atomic E-state index is -0.797. The third kappa shape index (κ3) is 4.23. The van der Waals surface area contributed by atoms with Crippen LogP contribution in [0.5, 0.6) is 11.5 Å². The fourth-order valence-electron chi connectivity index (χ4n) is 4.08. The molecule has 7 heteroatoms. The molecule has 4 rings (SSSR count). The second kappa shape index (κ2) is 9.26. The molecule has 0 saturated heterocycles. The number of nitrogens with one attached hydrogen (secondary N) is 1. The molecule has 0 aliphatic heterocycles. The Morgan fingerprint density at radius 2 is 1.62 bits per heavy atom. The van der Waals surface area contributed by atoms with Crippen LogP contribution < -0.4 is 20.3 Å². The van der Waals surface area contributed by atoms with Gasteiger partial charge in [-0.1, -0.05) is 30.3 Å². The summed E-state index contributed by atoms with van der Waals surface area (Å²) >= 11 is 0. The van der Waals surface area contributed by atoms with Crippen LogP contribution in [0.1, 0.15) is 36.9 Å². The number of rotatable bonds is 6. The molecule has 1 aromatic heterocycles. The first-order valence-corrected chi connectivity index (χ1v) is 10.8. The molecule has 0 saturated carbocycles. The van der Waals surface area contributed by atoms with Gasteiger partial charge in [-0.2, -0.15) is 5.10 Å². The number of methoxy groups -OCH3 is 2. The van der Waals surface area contributed by atoms with Crippen molar-refractivity contribution in [3.05, 3.63) is 70.0 Å². The molecule has 1 atom stereocenters. The van der Waals surface area contributed by atoms with Gasteiger partial charge in [0, 0.05) is 35.0 Å². The second-order valence-corrected chi connectivity index (χ2v) is 7.90. The van der Waals surface area contributed by atoms with E-state index in [0.717, 1.165) is 41.6 Å². The maximum atomic E-state index is 13.3. The van der Waals surface area contributed by atoms with Crippen molar-refractivity contribution in [1.29, 1.82) is 0 Å². The van der Waals surface area contributed by atoms with Gasteiger partial charge in [0.25, 0.3) is 5.56 Å². The molecule has 7 nitrogen and oxygen atoms in total. The number of anilines is 1. The molecule has 0 radical (unpaired) electrons. The number of hydrogen-bond donors (Lipinski definition) is 1. The van der Waals surface area contributed by atoms with Crippen molar-refractivity contribution in [2.24, 2.45) is 0 Å². The van der Waals surface area contributed by atoms with E-state index < -0.39 is 6.04 Å². The summed E-state index contributed by atoms with van der Waals surface area (Å²) < 4.78 is 11.9. The standard InChI is InChI=1S/C25H27N3O4/c1-16(24(29)26-18-13-19(31-2)15-20(14-18)32-3)28-25(30)22-12-8-7-11-21(22)23(27-28)17-9-5-4-6-10-17/h4-6,9-10,13-16H,7-8,11-12H2,1-3H3,(H,26,29)/t16-/m0/s1. The van der Waals surface area contributed by atoms with Crippen LogP contribution in [0, 0.1) is 0 Å². The molecule has 0 unspecified atom stereocenters. The molecule has 1 heterocycles. The number of fused-ring (bicyclic) bond motifs is 1. The Morgan fingerprint density at radius 3 is 2.25 bits per heavy atom. The summed E-state index contributed by atoms with van der Waals surface area (Å²) in [4.78, 5) is 26.4. The van der Waals surface area contributed by atoms with Crippen LogP contribution in [0.15, 0.2) is 53.3 Å². The van der Waals surface area contributed by atoms with Crippen LogP contribution in [0.3, 0.4) is 0 Å². The van der Waals surface area contributed by atoms with E-state index in [9.17, 15) is 9.59 Å². The average Bonchev–Trinajstić information content (AvgIpc) is 2.84. The Kier molecular flexibility index (Phi) is 6.25. The summed E-state index contributed by atoms with van der Waals surface area (Å²) in [5.74, 6) is 0.773. The van der Waals surface area contributed by atoms with Gasteiger partial charge in [-0.05, 0) is 38.2 Å². The van der Waals surface area contributed by atoms with E-state index in [1.165, 1.54) is 4.68 Å². The zero-order valence-corrected chi connectivity index (χ0v) is 18.6. The molecule has 1 aliphatic carbocycles. The zero-order valence-electron chi connectivity index (χ0n) is 18.6. The first-order chi connectivity index (χ1) is 15.5. The van der Waals surface area contributed by atoms with Crippen LogP contribution in [0.2, 0.25) is 0 Å². The lowest BCUT2D eigenvalue weighted by molar-refractivity contribution is -0.119. The molecule has 166 valence electrons. The minimum absolute atomic E-state index is 0.190. The smallest absolute Gasteiger partial charge is 0.271 e. The van der Waals surface area contributed by atoms with E-state index in [1.54, 1.807) is 39.3 Å². The third-order valence-corrected chi connectivity index (χ3v) is 5.84. The van der Waals surface area contributed by atoms with E-state index in [2.05, 4.69) is 10.4 Å². The molecule has 0 bridgehead atoms. The highest BCUT2D eigenvalue weighted by atomic mass is 16.5. The van der Waals surface area contributed by atoms with Gasteiger partial charge < -0.3 is 14.8 Å². The molecule has 2 aromatic carbocycles. The summed E-state index contributed by atoms with van der Waals surface area (Å²) in [6.07, 6.45) is 3.53. The van der Waals surface area contributed by atoms with Crippen LogP contribution in [-0.4, -0.2) is 29.9 Å². The third-order valence-electron chi connectivity index (χ3n) is 5.84. The summed E-state index contributed by atoms with van der Waals surface area (Å²) in [7, 11) is 3.09. The molecule has 32 heavy (non-hydrogen) atoms. The number of hydrogen-bond acceptors (Lipinski definition) is 5. The number of ether oxygens (including phenoxy) is 2. The van der Waals surface area contributed by atoms with Crippen LogP contribution in [0.4, 0.5) is 5.69 Å². The predicted octanol–water partition coefficient (Wildman–Crippen LogP) is 4.01. The highest BCUT2D eigenvalue weighted by molar-refractivity contribution is 5.93. The summed E-state index contributed by atoms with van der Waals surface area (Å²) in [5.41, 5.74) is 3.84. The lowest BCUT2D eigenvalue weighted by atomic mass is 9.89. The van der Waals surface area contributed by atoms with E-state index in [1.807, 2.05) is 30.3 Å². The van der Waals surface area contributed by atoms with Gasteiger partial charge in [-0.15, -0.1) is 0 Å². The molecule has 1 amide bonds. The predicted molar refractivity (Wildman–Crippen MR) is 123 cm³/mol. The highest BCUT2D eigenvalue weighted by Crippen LogP contribution is 2.29. The van der Waals surface area contributed by atoms with Crippen LogP contribution in [0.25, 0.3) is 11.3 Å². The average molecular weight is 434 g/mol. The van der Waals surface area contributed by atoms with Crippen molar-refractivity contribution in [1.82, 2.24) is 9.78 Å². The number of carbonyl (C=O) groups is 1. The Bertz CT molecular complexity index is 1170. The summed E-state index contributed by atoms with van der Waals surface area (Å²) in [5, 5.41) is 7.54. The van der Waals surface area contributed by atoms with E-state index >= 15 is 0 Å². The van der Waals surface area contributed by atoms with Crippen molar-refractivity contribution in [3.63, 3.8) is 0 Å². The van der Waals surface area contributed by atoms with E-state index in [0.29, 0.717) is 23.6 Å². The monoisotopic (exact) mass is 433 g/mol. The van der Waals surface area contributed by atoms with Gasteiger partial charge in [0.1, 0.15) is 17.5 Å². The maximum absolute atomic E-state index is 13.3. The Labute approximate surface area is 187 Å². The van der Waals surface area contributed by atoms with Gasteiger partial charge in [0.2, 0.25) is 5.91 Å². The maximum Gasteiger partial charge on any atom is 0.271 e. The normalized spacial score (nSPS) is 13.7. The molecular weight excluding hydrogens is 406 g/mol. The van der Waals surface area contributed by atoms with Crippen molar-refractivity contribution < 1.29 is 14.3 Å². The fraction of sp³-hybridized carbons (Fsp3) is 0.320. The first kappa shape index (κ1) is 21.6. The molecule has 3 aromatic rings. The Hall–Kier alpha value is -3.61. The van der Waals surface area contributed by atoms with Gasteiger partial charge >= 0.3 is 0 Å². The SMILES string of the molecule is COc1cc(NC(=O)[C@H](C)n2nc(-c3ccccc3)c3c(c2=O)CCCC3)cc(OC)c1. The van der Waals surface area contributed by atoms with Gasteiger partial charge in [-0.25, -0.2) is 4.68 Å². The topological polar surface area (TPSA) is 82.5 Å². The number of aromatic nitrogens is 2. The molecule has 0 spiro atoms. The van der Waals surface area contributed by atoms with E-state index in [4.69, 9.17) is 9.47 Å². The van der Waals surface area contributed by atoms with Crippen molar-refractivity contribution in [2.45, 2.75) is 38.6 Å². The van der Waals surface area contributed by atoms with Crippen LogP contribution >= 0.6 is 0 Å². The largest absolute Gasteiger partial charge is 0.497 e. The van der Waals surface area contributed by atoms with Gasteiger partial charge in [-0.3, -0.25) is 9.59 Å². The quantitative estimate of drug-likeness (QED) is 0.635. The second-order valence-electron chi connectivity index (χ2n) is 7.90. The zero-order chi connectivity index (χ0) is 22.7. The first-order valence-electron chi connectivity index (χ1n) is 10.8.